The summed E-state index contributed by atoms with van der Waals surface area (Å²) in [7, 11) is 0. The average molecular weight is 436 g/mol. The molecule has 1 heterocycles. The summed E-state index contributed by atoms with van der Waals surface area (Å²) in [5.41, 5.74) is 3.47. The summed E-state index contributed by atoms with van der Waals surface area (Å²) in [5.74, 6) is -0.426. The zero-order valence-electron chi connectivity index (χ0n) is 16.9. The molecule has 0 saturated heterocycles. The van der Waals surface area contributed by atoms with Crippen LogP contribution in [0.25, 0.3) is 0 Å². The summed E-state index contributed by atoms with van der Waals surface area (Å²) in [6, 6.07) is 22.2. The van der Waals surface area contributed by atoms with E-state index in [1.807, 2.05) is 36.4 Å². The Balaban J connectivity index is 1.36. The molecule has 0 aromatic heterocycles. The molecular formula is C25H22ClNO4. The highest BCUT2D eigenvalue weighted by Gasteiger charge is 2.22. The second-order valence-corrected chi connectivity index (χ2v) is 7.69. The second-order valence-electron chi connectivity index (χ2n) is 7.29. The Kier molecular flexibility index (Phi) is 6.53. The molecule has 0 spiro atoms. The van der Waals surface area contributed by atoms with Crippen molar-refractivity contribution < 1.29 is 19.1 Å². The smallest absolute Gasteiger partial charge is 0.342 e. The van der Waals surface area contributed by atoms with Gasteiger partial charge in [-0.3, -0.25) is 4.79 Å². The van der Waals surface area contributed by atoms with Crippen molar-refractivity contribution in [2.75, 3.05) is 13.2 Å². The van der Waals surface area contributed by atoms with Gasteiger partial charge in [0.2, 0.25) is 0 Å². The summed E-state index contributed by atoms with van der Waals surface area (Å²) < 4.78 is 11.1. The molecule has 0 N–H and O–H groups in total. The van der Waals surface area contributed by atoms with Crippen molar-refractivity contribution in [2.24, 2.45) is 0 Å². The van der Waals surface area contributed by atoms with E-state index in [9.17, 15) is 9.59 Å². The maximum Gasteiger partial charge on any atom is 0.342 e. The minimum atomic E-state index is -0.597. The van der Waals surface area contributed by atoms with Crippen LogP contribution in [0.1, 0.15) is 27.0 Å². The van der Waals surface area contributed by atoms with E-state index in [1.54, 1.807) is 35.2 Å². The van der Waals surface area contributed by atoms with Crippen LogP contribution in [0, 0.1) is 0 Å². The fourth-order valence-electron chi connectivity index (χ4n) is 3.54. The van der Waals surface area contributed by atoms with Gasteiger partial charge in [-0.25, -0.2) is 4.79 Å². The molecular weight excluding hydrogens is 414 g/mol. The summed E-state index contributed by atoms with van der Waals surface area (Å²) in [4.78, 5) is 26.9. The van der Waals surface area contributed by atoms with Gasteiger partial charge < -0.3 is 14.4 Å². The van der Waals surface area contributed by atoms with E-state index in [1.165, 1.54) is 5.56 Å². The fourth-order valence-corrected chi connectivity index (χ4v) is 3.73. The summed E-state index contributed by atoms with van der Waals surface area (Å²) in [5, 5.41) is 0.594. The quantitative estimate of drug-likeness (QED) is 0.528. The van der Waals surface area contributed by atoms with Gasteiger partial charge in [-0.1, -0.05) is 66.2 Å². The van der Waals surface area contributed by atoms with Gasteiger partial charge in [0.1, 0.15) is 17.9 Å². The highest BCUT2D eigenvalue weighted by Crippen LogP contribution is 2.23. The molecule has 0 fully saturated rings. The van der Waals surface area contributed by atoms with Crippen LogP contribution in [0.4, 0.5) is 0 Å². The molecule has 1 amide bonds. The van der Waals surface area contributed by atoms with Gasteiger partial charge >= 0.3 is 5.97 Å². The van der Waals surface area contributed by atoms with Crippen molar-refractivity contribution in [2.45, 2.75) is 19.6 Å². The first-order valence-electron chi connectivity index (χ1n) is 10.1. The number of benzene rings is 3. The SMILES string of the molecule is O=C(OCC(=O)N1CCc2ccccc2C1)c1ccccc1OCc1ccccc1Cl. The lowest BCUT2D eigenvalue weighted by Crippen LogP contribution is -2.38. The molecule has 5 nitrogen and oxygen atoms in total. The van der Waals surface area contributed by atoms with Crippen molar-refractivity contribution in [1.82, 2.24) is 4.90 Å². The number of hydrogen-bond acceptors (Lipinski definition) is 4. The van der Waals surface area contributed by atoms with E-state index in [-0.39, 0.29) is 24.7 Å². The molecule has 1 aliphatic rings. The normalized spacial score (nSPS) is 12.7. The zero-order chi connectivity index (χ0) is 21.6. The van der Waals surface area contributed by atoms with E-state index >= 15 is 0 Å². The van der Waals surface area contributed by atoms with E-state index in [0.717, 1.165) is 17.5 Å². The van der Waals surface area contributed by atoms with Gasteiger partial charge in [-0.05, 0) is 35.7 Å². The molecule has 4 rings (SSSR count). The maximum absolute atomic E-state index is 12.6. The first-order chi connectivity index (χ1) is 15.1. The molecule has 0 saturated carbocycles. The summed E-state index contributed by atoms with van der Waals surface area (Å²) >= 11 is 6.17. The average Bonchev–Trinajstić information content (AvgIpc) is 2.81. The van der Waals surface area contributed by atoms with Crippen LogP contribution < -0.4 is 4.74 Å². The van der Waals surface area contributed by atoms with Gasteiger partial charge in [-0.15, -0.1) is 0 Å². The molecule has 3 aromatic carbocycles. The van der Waals surface area contributed by atoms with Crippen LogP contribution in [-0.2, 0) is 29.1 Å². The van der Waals surface area contributed by atoms with Crippen molar-refractivity contribution >= 4 is 23.5 Å². The predicted octanol–water partition coefficient (Wildman–Crippen LogP) is 4.66. The highest BCUT2D eigenvalue weighted by atomic mass is 35.5. The lowest BCUT2D eigenvalue weighted by molar-refractivity contribution is -0.135. The lowest BCUT2D eigenvalue weighted by Gasteiger charge is -2.28. The Morgan fingerprint density at radius 3 is 2.45 bits per heavy atom. The van der Waals surface area contributed by atoms with E-state index in [4.69, 9.17) is 21.1 Å². The monoisotopic (exact) mass is 435 g/mol. The largest absolute Gasteiger partial charge is 0.488 e. The van der Waals surface area contributed by atoms with Crippen molar-refractivity contribution in [3.63, 3.8) is 0 Å². The molecule has 0 aliphatic carbocycles. The van der Waals surface area contributed by atoms with E-state index < -0.39 is 5.97 Å². The minimum absolute atomic E-state index is 0.211. The molecule has 3 aromatic rings. The topological polar surface area (TPSA) is 55.8 Å². The number of amides is 1. The number of halogens is 1. The molecule has 158 valence electrons. The number of ether oxygens (including phenoxy) is 2. The minimum Gasteiger partial charge on any atom is -0.488 e. The van der Waals surface area contributed by atoms with E-state index in [2.05, 4.69) is 6.07 Å². The molecule has 1 aliphatic heterocycles. The van der Waals surface area contributed by atoms with Crippen LogP contribution in [0.15, 0.2) is 72.8 Å². The van der Waals surface area contributed by atoms with Crippen LogP contribution in [-0.4, -0.2) is 29.9 Å². The van der Waals surface area contributed by atoms with Crippen molar-refractivity contribution in [3.05, 3.63) is 100 Å². The molecule has 31 heavy (non-hydrogen) atoms. The van der Waals surface area contributed by atoms with Crippen LogP contribution in [0.2, 0.25) is 5.02 Å². The van der Waals surface area contributed by atoms with Crippen LogP contribution in [0.5, 0.6) is 5.75 Å². The zero-order valence-corrected chi connectivity index (χ0v) is 17.7. The predicted molar refractivity (Wildman–Crippen MR) is 118 cm³/mol. The molecule has 0 unspecified atom stereocenters. The number of carbonyl (C=O) groups is 2. The standard InChI is InChI=1S/C25H22ClNO4/c26-22-11-5-3-9-20(22)16-30-23-12-6-4-10-21(23)25(29)31-17-24(28)27-14-13-18-7-1-2-8-19(18)15-27/h1-12H,13-17H2. The van der Waals surface area contributed by atoms with Crippen molar-refractivity contribution in [1.29, 1.82) is 0 Å². The van der Waals surface area contributed by atoms with Gasteiger partial charge in [0, 0.05) is 23.7 Å². The maximum atomic E-state index is 12.6. The first kappa shape index (κ1) is 20.9. The Morgan fingerprint density at radius 1 is 0.903 bits per heavy atom. The summed E-state index contributed by atoms with van der Waals surface area (Å²) in [6.07, 6.45) is 0.800. The number of para-hydroxylation sites is 1. The van der Waals surface area contributed by atoms with Gasteiger partial charge in [0.15, 0.2) is 6.61 Å². The first-order valence-corrected chi connectivity index (χ1v) is 10.5. The molecule has 6 heteroatoms. The number of carbonyl (C=O) groups excluding carboxylic acids is 2. The van der Waals surface area contributed by atoms with E-state index in [0.29, 0.717) is 23.9 Å². The lowest BCUT2D eigenvalue weighted by atomic mass is 10.00. The van der Waals surface area contributed by atoms with Crippen LogP contribution in [0.3, 0.4) is 0 Å². The molecule has 0 atom stereocenters. The highest BCUT2D eigenvalue weighted by molar-refractivity contribution is 6.31. The number of nitrogens with zero attached hydrogens (tertiary/aromatic N) is 1. The number of rotatable bonds is 6. The number of hydrogen-bond donors (Lipinski definition) is 0. The Labute approximate surface area is 186 Å². The Morgan fingerprint density at radius 2 is 1.61 bits per heavy atom. The Bertz CT molecular complexity index is 1100. The number of esters is 1. The molecule has 0 radical (unpaired) electrons. The van der Waals surface area contributed by atoms with Crippen LogP contribution >= 0.6 is 11.6 Å². The van der Waals surface area contributed by atoms with Crippen molar-refractivity contribution in [3.8, 4) is 5.75 Å². The summed E-state index contributed by atoms with van der Waals surface area (Å²) in [6.45, 7) is 1.06. The second kappa shape index (κ2) is 9.67. The Hall–Kier alpha value is -3.31. The van der Waals surface area contributed by atoms with Gasteiger partial charge in [-0.2, -0.15) is 0 Å². The third kappa shape index (κ3) is 5.06. The molecule has 0 bridgehead atoms. The van der Waals surface area contributed by atoms with Gasteiger partial charge in [0.25, 0.3) is 5.91 Å². The third-order valence-corrected chi connectivity index (χ3v) is 5.63. The third-order valence-electron chi connectivity index (χ3n) is 5.26. The fraction of sp³-hybridized carbons (Fsp3) is 0.200. The van der Waals surface area contributed by atoms with Gasteiger partial charge in [0.05, 0.1) is 0 Å². The number of fused-ring (bicyclic) bond motifs is 1.